The zero-order chi connectivity index (χ0) is 19.9. The second-order valence-corrected chi connectivity index (χ2v) is 7.09. The van der Waals surface area contributed by atoms with E-state index in [1.165, 1.54) is 0 Å². The number of phenols is 1. The highest BCUT2D eigenvalue weighted by Crippen LogP contribution is 2.20. The molecular weight excluding hydrogens is 356 g/mol. The summed E-state index contributed by atoms with van der Waals surface area (Å²) in [6.45, 7) is 3.22. The van der Waals surface area contributed by atoms with E-state index in [1.54, 1.807) is 35.2 Å². The maximum absolute atomic E-state index is 12.8. The number of rotatable bonds is 7. The predicted octanol–water partition coefficient (Wildman–Crippen LogP) is 2.64. The van der Waals surface area contributed by atoms with Gasteiger partial charge in [0, 0.05) is 30.8 Å². The summed E-state index contributed by atoms with van der Waals surface area (Å²) in [6, 6.07) is 14.2. The van der Waals surface area contributed by atoms with Gasteiger partial charge in [-0.25, -0.2) is 0 Å². The molecule has 0 spiro atoms. The summed E-state index contributed by atoms with van der Waals surface area (Å²) < 4.78 is 5.67. The Labute approximate surface area is 165 Å². The molecule has 1 fully saturated rings. The number of carbonyl (C=O) groups excluding carboxylic acids is 2. The first-order valence-corrected chi connectivity index (χ1v) is 9.54. The summed E-state index contributed by atoms with van der Waals surface area (Å²) in [4.78, 5) is 26.8. The first kappa shape index (κ1) is 19.9. The molecule has 1 saturated heterocycles. The molecule has 28 heavy (non-hydrogen) atoms. The molecule has 6 nitrogen and oxygen atoms in total. The van der Waals surface area contributed by atoms with Crippen molar-refractivity contribution in [2.24, 2.45) is 0 Å². The molecule has 148 valence electrons. The van der Waals surface area contributed by atoms with Crippen LogP contribution < -0.4 is 5.32 Å². The molecule has 2 aromatic rings. The minimum Gasteiger partial charge on any atom is -0.508 e. The van der Waals surface area contributed by atoms with Gasteiger partial charge in [0.05, 0.1) is 12.6 Å². The Morgan fingerprint density at radius 3 is 2.75 bits per heavy atom. The van der Waals surface area contributed by atoms with Gasteiger partial charge >= 0.3 is 0 Å². The molecule has 1 unspecified atom stereocenters. The Morgan fingerprint density at radius 1 is 1.21 bits per heavy atom. The molecule has 2 amide bonds. The van der Waals surface area contributed by atoms with E-state index in [0.29, 0.717) is 24.3 Å². The summed E-state index contributed by atoms with van der Waals surface area (Å²) in [5.41, 5.74) is 2.18. The quantitative estimate of drug-likeness (QED) is 0.772. The first-order valence-electron chi connectivity index (χ1n) is 9.54. The number of hydrogen-bond donors (Lipinski definition) is 2. The van der Waals surface area contributed by atoms with Gasteiger partial charge in [0.25, 0.3) is 5.91 Å². The number of phenolic OH excluding ortho intramolecular Hbond substituents is 1. The average molecular weight is 382 g/mol. The number of nitrogens with one attached hydrogen (secondary N) is 1. The van der Waals surface area contributed by atoms with Gasteiger partial charge in [0.1, 0.15) is 5.75 Å². The monoisotopic (exact) mass is 382 g/mol. The fourth-order valence-corrected chi connectivity index (χ4v) is 3.29. The highest BCUT2D eigenvalue weighted by Gasteiger charge is 2.23. The molecule has 0 aliphatic carbocycles. The zero-order valence-electron chi connectivity index (χ0n) is 16.1. The minimum absolute atomic E-state index is 0.0118. The zero-order valence-corrected chi connectivity index (χ0v) is 16.1. The van der Waals surface area contributed by atoms with Crippen molar-refractivity contribution in [1.82, 2.24) is 10.2 Å². The van der Waals surface area contributed by atoms with Crippen molar-refractivity contribution >= 4 is 11.8 Å². The second kappa shape index (κ2) is 9.37. The third kappa shape index (κ3) is 5.33. The highest BCUT2D eigenvalue weighted by molar-refractivity contribution is 5.96. The number of aromatic hydroxyl groups is 1. The van der Waals surface area contributed by atoms with Gasteiger partial charge in [-0.3, -0.25) is 9.59 Å². The van der Waals surface area contributed by atoms with E-state index in [1.807, 2.05) is 25.1 Å². The summed E-state index contributed by atoms with van der Waals surface area (Å²) in [7, 11) is 0. The largest absolute Gasteiger partial charge is 0.508 e. The topological polar surface area (TPSA) is 78.9 Å². The molecule has 1 heterocycles. The Morgan fingerprint density at radius 2 is 2.04 bits per heavy atom. The van der Waals surface area contributed by atoms with Crippen LogP contribution in [0.3, 0.4) is 0 Å². The van der Waals surface area contributed by atoms with Crippen LogP contribution in [0.2, 0.25) is 0 Å². The molecule has 0 bridgehead atoms. The van der Waals surface area contributed by atoms with Crippen molar-refractivity contribution in [3.8, 4) is 5.75 Å². The van der Waals surface area contributed by atoms with Crippen LogP contribution in [-0.2, 0) is 16.1 Å². The highest BCUT2D eigenvalue weighted by atomic mass is 16.5. The van der Waals surface area contributed by atoms with Gasteiger partial charge in [-0.05, 0) is 38.0 Å². The Hall–Kier alpha value is -2.86. The average Bonchev–Trinajstić information content (AvgIpc) is 3.20. The summed E-state index contributed by atoms with van der Waals surface area (Å²) in [5.74, 6) is -0.340. The van der Waals surface area contributed by atoms with Crippen LogP contribution in [0, 0.1) is 6.92 Å². The number of benzene rings is 2. The van der Waals surface area contributed by atoms with E-state index in [2.05, 4.69) is 5.32 Å². The maximum atomic E-state index is 12.8. The third-order valence-electron chi connectivity index (χ3n) is 4.83. The second-order valence-electron chi connectivity index (χ2n) is 7.09. The smallest absolute Gasteiger partial charge is 0.251 e. The number of hydrogen-bond acceptors (Lipinski definition) is 4. The number of amides is 2. The molecule has 2 N–H and O–H groups in total. The number of nitrogens with zero attached hydrogens (tertiary/aromatic N) is 1. The number of carbonyl (C=O) groups is 2. The Balaban J connectivity index is 1.65. The van der Waals surface area contributed by atoms with Crippen LogP contribution in [0.4, 0.5) is 0 Å². The standard InChI is InChI=1S/C22H26N2O4/c1-16-6-4-8-17(12-16)22(27)23-13-21(26)24(15-19-9-5-11-28-19)14-18-7-2-3-10-20(18)25/h2-4,6-8,10,12,19,25H,5,9,11,13-15H2,1H3,(H,23,27). The molecule has 3 rings (SSSR count). The molecule has 1 atom stereocenters. The molecule has 1 aliphatic heterocycles. The maximum Gasteiger partial charge on any atom is 0.251 e. The van der Waals surface area contributed by atoms with Crippen LogP contribution >= 0.6 is 0 Å². The lowest BCUT2D eigenvalue weighted by atomic mass is 10.1. The number of aryl methyl sites for hydroxylation is 1. The third-order valence-corrected chi connectivity index (χ3v) is 4.83. The SMILES string of the molecule is Cc1cccc(C(=O)NCC(=O)N(Cc2ccccc2O)CC2CCCO2)c1. The van der Waals surface area contributed by atoms with Crippen molar-refractivity contribution in [3.63, 3.8) is 0 Å². The molecule has 0 aromatic heterocycles. The summed E-state index contributed by atoms with van der Waals surface area (Å²) in [5, 5.41) is 12.8. The molecule has 0 saturated carbocycles. The van der Waals surface area contributed by atoms with E-state index >= 15 is 0 Å². The van der Waals surface area contributed by atoms with Crippen molar-refractivity contribution < 1.29 is 19.4 Å². The first-order chi connectivity index (χ1) is 13.5. The molecule has 1 aliphatic rings. The molecule has 2 aromatic carbocycles. The van der Waals surface area contributed by atoms with Gasteiger partial charge in [-0.2, -0.15) is 0 Å². The number of ether oxygens (including phenoxy) is 1. The fraction of sp³-hybridized carbons (Fsp3) is 0.364. The van der Waals surface area contributed by atoms with Crippen LogP contribution in [0.25, 0.3) is 0 Å². The van der Waals surface area contributed by atoms with E-state index < -0.39 is 0 Å². The van der Waals surface area contributed by atoms with E-state index in [9.17, 15) is 14.7 Å². The predicted molar refractivity (Wildman–Crippen MR) is 106 cm³/mol. The van der Waals surface area contributed by atoms with E-state index in [0.717, 1.165) is 18.4 Å². The van der Waals surface area contributed by atoms with Gasteiger partial charge in [-0.1, -0.05) is 35.9 Å². The van der Waals surface area contributed by atoms with Crippen LogP contribution in [0.15, 0.2) is 48.5 Å². The normalized spacial score (nSPS) is 16.0. The lowest BCUT2D eigenvalue weighted by molar-refractivity contribution is -0.132. The van der Waals surface area contributed by atoms with Crippen LogP contribution in [0.5, 0.6) is 5.75 Å². The van der Waals surface area contributed by atoms with Gasteiger partial charge in [0.15, 0.2) is 0 Å². The Kier molecular flexibility index (Phi) is 6.66. The van der Waals surface area contributed by atoms with Crippen molar-refractivity contribution in [2.75, 3.05) is 19.7 Å². The summed E-state index contributed by atoms with van der Waals surface area (Å²) in [6.07, 6.45) is 1.87. The minimum atomic E-state index is -0.281. The van der Waals surface area contributed by atoms with Crippen molar-refractivity contribution in [1.29, 1.82) is 0 Å². The Bertz CT molecular complexity index is 831. The van der Waals surface area contributed by atoms with Gasteiger partial charge in [-0.15, -0.1) is 0 Å². The van der Waals surface area contributed by atoms with E-state index in [-0.39, 0.29) is 36.8 Å². The van der Waals surface area contributed by atoms with E-state index in [4.69, 9.17) is 4.74 Å². The van der Waals surface area contributed by atoms with Crippen LogP contribution in [-0.4, -0.2) is 47.6 Å². The fourth-order valence-electron chi connectivity index (χ4n) is 3.29. The molecular formula is C22H26N2O4. The van der Waals surface area contributed by atoms with Crippen LogP contribution in [0.1, 0.15) is 34.3 Å². The molecule has 6 heteroatoms. The van der Waals surface area contributed by atoms with Gasteiger partial charge < -0.3 is 20.1 Å². The lowest BCUT2D eigenvalue weighted by Crippen LogP contribution is -2.43. The lowest BCUT2D eigenvalue weighted by Gasteiger charge is -2.26. The summed E-state index contributed by atoms with van der Waals surface area (Å²) >= 11 is 0. The number of para-hydroxylation sites is 1. The van der Waals surface area contributed by atoms with Crippen molar-refractivity contribution in [2.45, 2.75) is 32.4 Å². The molecule has 0 radical (unpaired) electrons. The van der Waals surface area contributed by atoms with Gasteiger partial charge in [0.2, 0.25) is 5.91 Å². The van der Waals surface area contributed by atoms with Crippen molar-refractivity contribution in [3.05, 3.63) is 65.2 Å².